The van der Waals surface area contributed by atoms with Gasteiger partial charge < -0.3 is 9.67 Å². The largest absolute Gasteiger partial charge is 0.477 e. The van der Waals surface area contributed by atoms with Crippen LogP contribution >= 0.6 is 0 Å². The van der Waals surface area contributed by atoms with Crippen molar-refractivity contribution in [2.45, 2.75) is 26.8 Å². The predicted octanol–water partition coefficient (Wildman–Crippen LogP) is 1.84. The molecule has 0 aliphatic heterocycles. The minimum absolute atomic E-state index is 0.342. The van der Waals surface area contributed by atoms with E-state index in [4.69, 9.17) is 0 Å². The van der Waals surface area contributed by atoms with E-state index in [9.17, 15) is 9.90 Å². The van der Waals surface area contributed by atoms with Crippen molar-refractivity contribution in [3.05, 3.63) is 41.0 Å². The third-order valence-electron chi connectivity index (χ3n) is 3.09. The Balaban J connectivity index is 2.34. The topological polar surface area (TPSA) is 60.1 Å². The van der Waals surface area contributed by atoms with Crippen molar-refractivity contribution < 1.29 is 9.90 Å². The van der Waals surface area contributed by atoms with E-state index < -0.39 is 5.97 Å². The van der Waals surface area contributed by atoms with Crippen molar-refractivity contribution >= 4 is 5.97 Å². The van der Waals surface area contributed by atoms with E-state index in [-0.39, 0.29) is 0 Å². The van der Waals surface area contributed by atoms with Crippen LogP contribution in [0.2, 0.25) is 0 Å². The lowest BCUT2D eigenvalue weighted by Gasteiger charge is -2.07. The Morgan fingerprint density at radius 1 is 1.50 bits per heavy atom. The van der Waals surface area contributed by atoms with Gasteiger partial charge in [0.2, 0.25) is 0 Å². The molecule has 0 radical (unpaired) electrons. The van der Waals surface area contributed by atoms with Crippen LogP contribution in [0.5, 0.6) is 0 Å². The molecule has 2 aromatic rings. The van der Waals surface area contributed by atoms with Gasteiger partial charge in [0.1, 0.15) is 5.69 Å². The van der Waals surface area contributed by atoms with Gasteiger partial charge in [0, 0.05) is 13.2 Å². The minimum Gasteiger partial charge on any atom is -0.477 e. The highest BCUT2D eigenvalue weighted by molar-refractivity contribution is 5.87. The second-order valence-corrected chi connectivity index (χ2v) is 4.38. The Hall–Kier alpha value is -2.04. The number of hydrogen-bond acceptors (Lipinski definition) is 2. The van der Waals surface area contributed by atoms with Crippen LogP contribution in [0.4, 0.5) is 0 Å². The third-order valence-corrected chi connectivity index (χ3v) is 3.09. The average Bonchev–Trinajstić information content (AvgIpc) is 2.84. The van der Waals surface area contributed by atoms with Crippen molar-refractivity contribution in [2.24, 2.45) is 7.05 Å². The second kappa shape index (κ2) is 4.68. The zero-order chi connectivity index (χ0) is 13.3. The number of aromatic carboxylic acids is 1. The van der Waals surface area contributed by atoms with E-state index in [1.165, 1.54) is 0 Å². The molecule has 0 aliphatic rings. The second-order valence-electron chi connectivity index (χ2n) is 4.38. The van der Waals surface area contributed by atoms with E-state index in [0.717, 1.165) is 23.4 Å². The van der Waals surface area contributed by atoms with Gasteiger partial charge in [0.15, 0.2) is 0 Å². The predicted molar refractivity (Wildman–Crippen MR) is 67.8 cm³/mol. The molecule has 5 heteroatoms. The molecule has 0 aliphatic carbocycles. The maximum absolute atomic E-state index is 11.2. The van der Waals surface area contributed by atoms with Crippen LogP contribution in [0.15, 0.2) is 18.3 Å². The molecule has 1 N–H and O–H groups in total. The fourth-order valence-corrected chi connectivity index (χ4v) is 2.07. The van der Waals surface area contributed by atoms with Crippen LogP contribution in [0, 0.1) is 6.92 Å². The van der Waals surface area contributed by atoms with Gasteiger partial charge >= 0.3 is 5.97 Å². The van der Waals surface area contributed by atoms with E-state index >= 15 is 0 Å². The lowest BCUT2D eigenvalue weighted by molar-refractivity contribution is 0.0685. The summed E-state index contributed by atoms with van der Waals surface area (Å²) in [6, 6.07) is 3.83. The zero-order valence-corrected chi connectivity index (χ0v) is 10.8. The van der Waals surface area contributed by atoms with Gasteiger partial charge in [-0.25, -0.2) is 4.79 Å². The summed E-state index contributed by atoms with van der Waals surface area (Å²) in [4.78, 5) is 11.2. The molecule has 0 amide bonds. The first kappa shape index (κ1) is 12.4. The van der Waals surface area contributed by atoms with Crippen molar-refractivity contribution in [3.63, 3.8) is 0 Å². The number of rotatable bonds is 4. The van der Waals surface area contributed by atoms with Gasteiger partial charge in [0.05, 0.1) is 17.9 Å². The molecule has 0 saturated heterocycles. The minimum atomic E-state index is -0.893. The van der Waals surface area contributed by atoms with Gasteiger partial charge in [-0.15, -0.1) is 0 Å². The van der Waals surface area contributed by atoms with Gasteiger partial charge in [-0.1, -0.05) is 6.92 Å². The highest BCUT2D eigenvalue weighted by atomic mass is 16.4. The summed E-state index contributed by atoms with van der Waals surface area (Å²) in [5, 5.41) is 13.6. The number of aryl methyl sites for hydroxylation is 3. The summed E-state index contributed by atoms with van der Waals surface area (Å²) in [5.74, 6) is -0.893. The zero-order valence-electron chi connectivity index (χ0n) is 10.8. The Morgan fingerprint density at radius 3 is 2.78 bits per heavy atom. The van der Waals surface area contributed by atoms with E-state index in [0.29, 0.717) is 12.2 Å². The fourth-order valence-electron chi connectivity index (χ4n) is 2.07. The number of nitrogens with zero attached hydrogens (tertiary/aromatic N) is 3. The number of aromatic nitrogens is 3. The van der Waals surface area contributed by atoms with Crippen LogP contribution in [0.3, 0.4) is 0 Å². The molecular weight excluding hydrogens is 230 g/mol. The van der Waals surface area contributed by atoms with Gasteiger partial charge in [-0.3, -0.25) is 4.68 Å². The summed E-state index contributed by atoms with van der Waals surface area (Å²) in [7, 11) is 1.88. The van der Waals surface area contributed by atoms with Crippen molar-refractivity contribution in [2.75, 3.05) is 0 Å². The van der Waals surface area contributed by atoms with Crippen LogP contribution in [0.25, 0.3) is 0 Å². The van der Waals surface area contributed by atoms with Crippen LogP contribution in [0.1, 0.15) is 34.4 Å². The Morgan fingerprint density at radius 2 is 2.22 bits per heavy atom. The normalized spacial score (nSPS) is 10.8. The molecule has 0 atom stereocenters. The Labute approximate surface area is 106 Å². The van der Waals surface area contributed by atoms with Gasteiger partial charge in [0.25, 0.3) is 0 Å². The molecule has 0 saturated carbocycles. The summed E-state index contributed by atoms with van der Waals surface area (Å²) in [6.45, 7) is 4.38. The summed E-state index contributed by atoms with van der Waals surface area (Å²) >= 11 is 0. The number of carbonyl (C=O) groups is 1. The first-order valence-electron chi connectivity index (χ1n) is 5.93. The van der Waals surface area contributed by atoms with Crippen LogP contribution in [-0.4, -0.2) is 25.4 Å². The average molecular weight is 247 g/mol. The molecule has 0 bridgehead atoms. The highest BCUT2D eigenvalue weighted by Crippen LogP contribution is 2.13. The van der Waals surface area contributed by atoms with Crippen molar-refractivity contribution in [1.29, 1.82) is 0 Å². The van der Waals surface area contributed by atoms with E-state index in [1.807, 2.05) is 19.2 Å². The molecule has 5 nitrogen and oxygen atoms in total. The molecular formula is C13H17N3O2. The lowest BCUT2D eigenvalue weighted by atomic mass is 10.2. The molecule has 0 fully saturated rings. The highest BCUT2D eigenvalue weighted by Gasteiger charge is 2.14. The quantitative estimate of drug-likeness (QED) is 0.896. The van der Waals surface area contributed by atoms with Crippen molar-refractivity contribution in [3.8, 4) is 0 Å². The molecule has 0 unspecified atom stereocenters. The fraction of sp³-hybridized carbons (Fsp3) is 0.385. The summed E-state index contributed by atoms with van der Waals surface area (Å²) in [6.07, 6.45) is 2.68. The summed E-state index contributed by atoms with van der Waals surface area (Å²) < 4.78 is 3.55. The molecule has 2 heterocycles. The Bertz CT molecular complexity index is 581. The van der Waals surface area contributed by atoms with E-state index in [1.54, 1.807) is 22.4 Å². The molecule has 0 aromatic carbocycles. The van der Waals surface area contributed by atoms with Crippen molar-refractivity contribution in [1.82, 2.24) is 14.3 Å². The summed E-state index contributed by atoms with van der Waals surface area (Å²) in [5.41, 5.74) is 3.15. The number of carboxylic acid groups (broad SMARTS) is 1. The molecule has 2 rings (SSSR count). The van der Waals surface area contributed by atoms with Crippen LogP contribution in [-0.2, 0) is 20.0 Å². The SMILES string of the molecule is CCc1cc(Cn2ccc(C)c2C(=O)O)n(C)n1. The number of hydrogen-bond donors (Lipinski definition) is 1. The standard InChI is InChI=1S/C13H17N3O2/c1-4-10-7-11(15(3)14-10)8-16-6-5-9(2)12(16)13(17)18/h5-7H,4,8H2,1-3H3,(H,17,18). The smallest absolute Gasteiger partial charge is 0.352 e. The Kier molecular flexibility index (Phi) is 3.23. The monoisotopic (exact) mass is 247 g/mol. The lowest BCUT2D eigenvalue weighted by Crippen LogP contribution is -2.12. The molecule has 2 aromatic heterocycles. The molecule has 96 valence electrons. The van der Waals surface area contributed by atoms with E-state index in [2.05, 4.69) is 12.0 Å². The number of carboxylic acids is 1. The first-order chi connectivity index (χ1) is 8.52. The third kappa shape index (κ3) is 2.16. The van der Waals surface area contributed by atoms with Gasteiger partial charge in [-0.2, -0.15) is 5.10 Å². The van der Waals surface area contributed by atoms with Crippen LogP contribution < -0.4 is 0 Å². The molecule has 0 spiro atoms. The first-order valence-corrected chi connectivity index (χ1v) is 5.93. The van der Waals surface area contributed by atoms with Gasteiger partial charge in [-0.05, 0) is 31.0 Å². The molecule has 18 heavy (non-hydrogen) atoms. The maximum Gasteiger partial charge on any atom is 0.352 e. The maximum atomic E-state index is 11.2.